The molecule has 0 aromatic carbocycles. The Balaban J connectivity index is 2.33. The first-order valence-electron chi connectivity index (χ1n) is 3.86. The molecule has 1 unspecified atom stereocenters. The van der Waals surface area contributed by atoms with Gasteiger partial charge in [0.15, 0.2) is 0 Å². The molecule has 0 saturated carbocycles. The van der Waals surface area contributed by atoms with Gasteiger partial charge in [-0.1, -0.05) is 12.2 Å². The fourth-order valence-electron chi connectivity index (χ4n) is 1.35. The zero-order valence-electron chi connectivity index (χ0n) is 6.16. The Morgan fingerprint density at radius 2 is 2.40 bits per heavy atom. The van der Waals surface area contributed by atoms with Crippen LogP contribution in [0.5, 0.6) is 0 Å². The van der Waals surface area contributed by atoms with Gasteiger partial charge in [0.25, 0.3) is 0 Å². The monoisotopic (exact) mass is 141 g/mol. The Bertz CT molecular complexity index is 122. The SMILES string of the molecule is N[C@H](CO)C1CC=CCC1. The summed E-state index contributed by atoms with van der Waals surface area (Å²) in [5.74, 6) is 0.509. The maximum atomic E-state index is 8.74. The molecule has 2 nitrogen and oxygen atoms in total. The summed E-state index contributed by atoms with van der Waals surface area (Å²) >= 11 is 0. The van der Waals surface area contributed by atoms with Crippen LogP contribution in [0.25, 0.3) is 0 Å². The fourth-order valence-corrected chi connectivity index (χ4v) is 1.35. The molecule has 1 aliphatic rings. The zero-order valence-corrected chi connectivity index (χ0v) is 6.16. The van der Waals surface area contributed by atoms with Crippen LogP contribution in [0.2, 0.25) is 0 Å². The molecule has 0 bridgehead atoms. The smallest absolute Gasteiger partial charge is 0.0585 e. The molecule has 0 fully saturated rings. The van der Waals surface area contributed by atoms with Gasteiger partial charge in [0.05, 0.1) is 6.61 Å². The van der Waals surface area contributed by atoms with E-state index in [1.165, 1.54) is 0 Å². The van der Waals surface area contributed by atoms with Crippen molar-refractivity contribution in [3.63, 3.8) is 0 Å². The maximum absolute atomic E-state index is 8.74. The fraction of sp³-hybridized carbons (Fsp3) is 0.750. The van der Waals surface area contributed by atoms with E-state index in [0.29, 0.717) is 5.92 Å². The van der Waals surface area contributed by atoms with Gasteiger partial charge in [-0.2, -0.15) is 0 Å². The lowest BCUT2D eigenvalue weighted by atomic mass is 9.89. The van der Waals surface area contributed by atoms with Crippen molar-refractivity contribution >= 4 is 0 Å². The van der Waals surface area contributed by atoms with Gasteiger partial charge >= 0.3 is 0 Å². The van der Waals surface area contributed by atoms with Crippen LogP contribution >= 0.6 is 0 Å². The van der Waals surface area contributed by atoms with Crippen LogP contribution in [0.4, 0.5) is 0 Å². The lowest BCUT2D eigenvalue weighted by molar-refractivity contribution is 0.219. The van der Waals surface area contributed by atoms with Gasteiger partial charge in [-0.05, 0) is 25.2 Å². The molecule has 58 valence electrons. The quantitative estimate of drug-likeness (QED) is 0.555. The molecular weight excluding hydrogens is 126 g/mol. The van der Waals surface area contributed by atoms with Gasteiger partial charge in [-0.25, -0.2) is 0 Å². The number of hydrogen-bond donors (Lipinski definition) is 2. The molecule has 10 heavy (non-hydrogen) atoms. The third kappa shape index (κ3) is 1.82. The van der Waals surface area contributed by atoms with Crippen LogP contribution in [0, 0.1) is 5.92 Å². The molecule has 0 aliphatic heterocycles. The number of aliphatic hydroxyl groups excluding tert-OH is 1. The molecule has 1 rings (SSSR count). The third-order valence-electron chi connectivity index (χ3n) is 2.13. The summed E-state index contributed by atoms with van der Waals surface area (Å²) < 4.78 is 0. The van der Waals surface area contributed by atoms with Gasteiger partial charge in [0.2, 0.25) is 0 Å². The predicted octanol–water partition coefficient (Wildman–Crippen LogP) is 0.662. The second-order valence-electron chi connectivity index (χ2n) is 2.89. The molecule has 0 aromatic rings. The number of aliphatic hydroxyl groups is 1. The Morgan fingerprint density at radius 1 is 1.60 bits per heavy atom. The summed E-state index contributed by atoms with van der Waals surface area (Å²) in [4.78, 5) is 0. The minimum absolute atomic E-state index is 0.00931. The number of allylic oxidation sites excluding steroid dienone is 2. The van der Waals surface area contributed by atoms with Crippen LogP contribution in [0.15, 0.2) is 12.2 Å². The molecule has 2 atom stereocenters. The van der Waals surface area contributed by atoms with E-state index in [1.807, 2.05) is 0 Å². The van der Waals surface area contributed by atoms with E-state index in [-0.39, 0.29) is 12.6 Å². The Hall–Kier alpha value is -0.340. The van der Waals surface area contributed by atoms with Crippen molar-refractivity contribution in [3.05, 3.63) is 12.2 Å². The van der Waals surface area contributed by atoms with E-state index in [9.17, 15) is 0 Å². The highest BCUT2D eigenvalue weighted by Crippen LogP contribution is 2.19. The van der Waals surface area contributed by atoms with Crippen molar-refractivity contribution in [2.24, 2.45) is 11.7 Å². The third-order valence-corrected chi connectivity index (χ3v) is 2.13. The maximum Gasteiger partial charge on any atom is 0.0585 e. The average molecular weight is 141 g/mol. The molecule has 1 aliphatic carbocycles. The first kappa shape index (κ1) is 7.76. The van der Waals surface area contributed by atoms with Crippen molar-refractivity contribution in [1.82, 2.24) is 0 Å². The molecular formula is C8H15NO. The van der Waals surface area contributed by atoms with Crippen LogP contribution < -0.4 is 5.73 Å². The summed E-state index contributed by atoms with van der Waals surface area (Å²) in [5, 5.41) is 8.74. The number of hydrogen-bond acceptors (Lipinski definition) is 2. The Labute approximate surface area is 61.7 Å². The van der Waals surface area contributed by atoms with E-state index in [2.05, 4.69) is 12.2 Å². The first-order valence-corrected chi connectivity index (χ1v) is 3.86. The molecule has 0 spiro atoms. The molecule has 0 aromatic heterocycles. The minimum atomic E-state index is -0.00931. The zero-order chi connectivity index (χ0) is 7.40. The van der Waals surface area contributed by atoms with Crippen molar-refractivity contribution in [2.75, 3.05) is 6.61 Å². The van der Waals surface area contributed by atoms with E-state index in [4.69, 9.17) is 10.8 Å². The second-order valence-corrected chi connectivity index (χ2v) is 2.89. The van der Waals surface area contributed by atoms with E-state index >= 15 is 0 Å². The molecule has 3 N–H and O–H groups in total. The van der Waals surface area contributed by atoms with Crippen LogP contribution in [-0.4, -0.2) is 17.8 Å². The molecule has 0 heterocycles. The predicted molar refractivity (Wildman–Crippen MR) is 41.5 cm³/mol. The summed E-state index contributed by atoms with van der Waals surface area (Å²) in [6.45, 7) is 0.124. The van der Waals surface area contributed by atoms with Crippen LogP contribution in [0.3, 0.4) is 0 Å². The first-order chi connectivity index (χ1) is 4.84. The topological polar surface area (TPSA) is 46.2 Å². The van der Waals surface area contributed by atoms with Crippen molar-refractivity contribution in [3.8, 4) is 0 Å². The van der Waals surface area contributed by atoms with Crippen LogP contribution in [0.1, 0.15) is 19.3 Å². The Kier molecular flexibility index (Phi) is 2.90. The van der Waals surface area contributed by atoms with E-state index < -0.39 is 0 Å². The highest BCUT2D eigenvalue weighted by molar-refractivity contribution is 4.92. The Morgan fingerprint density at radius 3 is 2.90 bits per heavy atom. The lowest BCUT2D eigenvalue weighted by Crippen LogP contribution is -2.33. The summed E-state index contributed by atoms with van der Waals surface area (Å²) in [6.07, 6.45) is 7.64. The number of rotatable bonds is 2. The average Bonchev–Trinajstić information content (AvgIpc) is 2.05. The molecule has 0 radical (unpaired) electrons. The van der Waals surface area contributed by atoms with Crippen molar-refractivity contribution in [1.29, 1.82) is 0 Å². The molecule has 0 amide bonds. The highest BCUT2D eigenvalue weighted by Gasteiger charge is 2.16. The van der Waals surface area contributed by atoms with Crippen molar-refractivity contribution < 1.29 is 5.11 Å². The van der Waals surface area contributed by atoms with Crippen LogP contribution in [-0.2, 0) is 0 Å². The number of nitrogens with two attached hydrogens (primary N) is 1. The van der Waals surface area contributed by atoms with Gasteiger partial charge in [0.1, 0.15) is 0 Å². The van der Waals surface area contributed by atoms with E-state index in [0.717, 1.165) is 19.3 Å². The van der Waals surface area contributed by atoms with E-state index in [1.54, 1.807) is 0 Å². The van der Waals surface area contributed by atoms with Gasteiger partial charge < -0.3 is 10.8 Å². The summed E-state index contributed by atoms with van der Waals surface area (Å²) in [7, 11) is 0. The van der Waals surface area contributed by atoms with Gasteiger partial charge in [-0.3, -0.25) is 0 Å². The molecule has 0 saturated heterocycles. The molecule has 2 heteroatoms. The highest BCUT2D eigenvalue weighted by atomic mass is 16.3. The normalized spacial score (nSPS) is 28.4. The second kappa shape index (κ2) is 3.74. The summed E-state index contributed by atoms with van der Waals surface area (Å²) in [6, 6.07) is -0.00931. The summed E-state index contributed by atoms with van der Waals surface area (Å²) in [5.41, 5.74) is 5.66. The minimum Gasteiger partial charge on any atom is -0.395 e. The largest absolute Gasteiger partial charge is 0.395 e. The van der Waals surface area contributed by atoms with Crippen molar-refractivity contribution in [2.45, 2.75) is 25.3 Å². The van der Waals surface area contributed by atoms with Gasteiger partial charge in [0, 0.05) is 6.04 Å². The van der Waals surface area contributed by atoms with Gasteiger partial charge in [-0.15, -0.1) is 0 Å². The lowest BCUT2D eigenvalue weighted by Gasteiger charge is -2.22. The standard InChI is InChI=1S/C8H15NO/c9-8(6-10)7-4-2-1-3-5-7/h1-2,7-8,10H,3-6,9H2/t7?,8-/m1/s1.